The third-order valence-electron chi connectivity index (χ3n) is 5.15. The predicted octanol–water partition coefficient (Wildman–Crippen LogP) is 3.59. The molecule has 2 fully saturated rings. The highest BCUT2D eigenvalue weighted by Gasteiger charge is 2.58. The summed E-state index contributed by atoms with van der Waals surface area (Å²) in [5.74, 6) is 0.974. The SMILES string of the molecule is CCCCN[C@@H]1C(C)(C)[C@@H]2CC[C@@]1(C)C2. The van der Waals surface area contributed by atoms with Gasteiger partial charge >= 0.3 is 0 Å². The summed E-state index contributed by atoms with van der Waals surface area (Å²) in [5, 5.41) is 3.84. The van der Waals surface area contributed by atoms with Crippen LogP contribution in [0.4, 0.5) is 0 Å². The Kier molecular flexibility index (Phi) is 2.87. The lowest BCUT2D eigenvalue weighted by molar-refractivity contribution is 0.109. The quantitative estimate of drug-likeness (QED) is 0.698. The molecule has 1 heteroatoms. The second-order valence-corrected chi connectivity index (χ2v) is 6.66. The van der Waals surface area contributed by atoms with Crippen LogP contribution in [0, 0.1) is 16.7 Å². The summed E-state index contributed by atoms with van der Waals surface area (Å²) < 4.78 is 0. The second kappa shape index (κ2) is 3.76. The fourth-order valence-electron chi connectivity index (χ4n) is 4.23. The van der Waals surface area contributed by atoms with E-state index >= 15 is 0 Å². The van der Waals surface area contributed by atoms with Crippen LogP contribution in [0.25, 0.3) is 0 Å². The lowest BCUT2D eigenvalue weighted by Crippen LogP contribution is -2.50. The molecule has 0 amide bonds. The molecule has 0 heterocycles. The second-order valence-electron chi connectivity index (χ2n) is 6.66. The van der Waals surface area contributed by atoms with Crippen molar-refractivity contribution in [3.63, 3.8) is 0 Å². The van der Waals surface area contributed by atoms with E-state index in [1.165, 1.54) is 38.6 Å². The summed E-state index contributed by atoms with van der Waals surface area (Å²) in [6.07, 6.45) is 7.01. The van der Waals surface area contributed by atoms with Gasteiger partial charge in [-0.2, -0.15) is 0 Å². The van der Waals surface area contributed by atoms with Crippen LogP contribution in [-0.4, -0.2) is 12.6 Å². The van der Waals surface area contributed by atoms with Crippen molar-refractivity contribution < 1.29 is 0 Å². The Hall–Kier alpha value is -0.0400. The van der Waals surface area contributed by atoms with Crippen molar-refractivity contribution in [1.82, 2.24) is 5.32 Å². The van der Waals surface area contributed by atoms with E-state index in [-0.39, 0.29) is 0 Å². The molecule has 2 saturated carbocycles. The minimum atomic E-state index is 0.529. The van der Waals surface area contributed by atoms with Gasteiger partial charge in [0.2, 0.25) is 0 Å². The van der Waals surface area contributed by atoms with Crippen LogP contribution in [0.3, 0.4) is 0 Å². The first kappa shape index (κ1) is 11.4. The van der Waals surface area contributed by atoms with Crippen LogP contribution >= 0.6 is 0 Å². The first-order valence-corrected chi connectivity index (χ1v) is 6.74. The summed E-state index contributed by atoms with van der Waals surface area (Å²) in [4.78, 5) is 0. The summed E-state index contributed by atoms with van der Waals surface area (Å²) >= 11 is 0. The highest BCUT2D eigenvalue weighted by molar-refractivity contribution is 5.11. The van der Waals surface area contributed by atoms with E-state index in [9.17, 15) is 0 Å². The maximum atomic E-state index is 3.84. The maximum absolute atomic E-state index is 3.84. The molecule has 0 unspecified atom stereocenters. The lowest BCUT2D eigenvalue weighted by Gasteiger charge is -2.43. The number of unbranched alkanes of at least 4 members (excludes halogenated alkanes) is 1. The number of nitrogens with one attached hydrogen (secondary N) is 1. The molecule has 0 radical (unpaired) electrons. The van der Waals surface area contributed by atoms with Crippen LogP contribution in [-0.2, 0) is 0 Å². The number of hydrogen-bond donors (Lipinski definition) is 1. The first-order valence-electron chi connectivity index (χ1n) is 6.74. The molecule has 2 aliphatic carbocycles. The topological polar surface area (TPSA) is 12.0 Å². The van der Waals surface area contributed by atoms with Crippen LogP contribution in [0.2, 0.25) is 0 Å². The average Bonchev–Trinajstić information content (AvgIpc) is 2.62. The number of fused-ring (bicyclic) bond motifs is 2. The maximum Gasteiger partial charge on any atom is 0.0175 e. The number of hydrogen-bond acceptors (Lipinski definition) is 1. The summed E-state index contributed by atoms with van der Waals surface area (Å²) in [7, 11) is 0. The van der Waals surface area contributed by atoms with Gasteiger partial charge in [0.15, 0.2) is 0 Å². The third kappa shape index (κ3) is 1.73. The van der Waals surface area contributed by atoms with Crippen molar-refractivity contribution in [1.29, 1.82) is 0 Å². The fourth-order valence-corrected chi connectivity index (χ4v) is 4.23. The molecule has 0 aromatic carbocycles. The van der Waals surface area contributed by atoms with Gasteiger partial charge in [-0.25, -0.2) is 0 Å². The van der Waals surface area contributed by atoms with Crippen molar-refractivity contribution in [3.8, 4) is 0 Å². The Bertz CT molecular complexity index is 229. The van der Waals surface area contributed by atoms with Crippen LogP contribution in [0.1, 0.15) is 59.8 Å². The van der Waals surface area contributed by atoms with E-state index in [4.69, 9.17) is 0 Å². The van der Waals surface area contributed by atoms with Gasteiger partial charge in [0.1, 0.15) is 0 Å². The van der Waals surface area contributed by atoms with Crippen molar-refractivity contribution in [2.45, 2.75) is 65.8 Å². The Labute approximate surface area is 95.0 Å². The van der Waals surface area contributed by atoms with Gasteiger partial charge in [0.05, 0.1) is 0 Å². The minimum absolute atomic E-state index is 0.529. The molecule has 2 aliphatic rings. The molecule has 0 aromatic rings. The van der Waals surface area contributed by atoms with E-state index in [1.807, 2.05) is 0 Å². The third-order valence-corrected chi connectivity index (χ3v) is 5.15. The highest BCUT2D eigenvalue weighted by atomic mass is 15.0. The van der Waals surface area contributed by atoms with E-state index in [1.54, 1.807) is 0 Å². The van der Waals surface area contributed by atoms with E-state index in [0.29, 0.717) is 10.8 Å². The van der Waals surface area contributed by atoms with Crippen molar-refractivity contribution in [3.05, 3.63) is 0 Å². The zero-order valence-corrected chi connectivity index (χ0v) is 10.9. The molecule has 0 spiro atoms. The van der Waals surface area contributed by atoms with E-state index < -0.39 is 0 Å². The Balaban J connectivity index is 2.02. The highest BCUT2D eigenvalue weighted by Crippen LogP contribution is 2.62. The lowest BCUT2D eigenvalue weighted by atomic mass is 9.68. The largest absolute Gasteiger partial charge is 0.313 e. The smallest absolute Gasteiger partial charge is 0.0175 e. The van der Waals surface area contributed by atoms with Gasteiger partial charge in [0, 0.05) is 6.04 Å². The standard InChI is InChI=1S/C14H27N/c1-5-6-9-15-12-13(2,3)11-7-8-14(12,4)10-11/h11-12,15H,5-10H2,1-4H3/t11-,12-,14+/m1/s1. The molecule has 0 saturated heterocycles. The van der Waals surface area contributed by atoms with Gasteiger partial charge < -0.3 is 5.32 Å². The molecule has 0 aliphatic heterocycles. The van der Waals surface area contributed by atoms with E-state index in [2.05, 4.69) is 33.0 Å². The molecule has 3 atom stereocenters. The predicted molar refractivity (Wildman–Crippen MR) is 65.9 cm³/mol. The Morgan fingerprint density at radius 1 is 1.27 bits per heavy atom. The fraction of sp³-hybridized carbons (Fsp3) is 1.00. The molecule has 2 bridgehead atoms. The van der Waals surface area contributed by atoms with Gasteiger partial charge in [-0.3, -0.25) is 0 Å². The van der Waals surface area contributed by atoms with Crippen LogP contribution in [0.15, 0.2) is 0 Å². The molecule has 15 heavy (non-hydrogen) atoms. The van der Waals surface area contributed by atoms with Gasteiger partial charge in [-0.05, 0) is 49.0 Å². The van der Waals surface area contributed by atoms with Gasteiger partial charge in [0.25, 0.3) is 0 Å². The van der Waals surface area contributed by atoms with E-state index in [0.717, 1.165) is 12.0 Å². The molecule has 1 nitrogen and oxygen atoms in total. The van der Waals surface area contributed by atoms with Crippen LogP contribution < -0.4 is 5.32 Å². The summed E-state index contributed by atoms with van der Waals surface area (Å²) in [5.41, 5.74) is 1.13. The Morgan fingerprint density at radius 3 is 2.53 bits per heavy atom. The first-order chi connectivity index (χ1) is 7.00. The van der Waals surface area contributed by atoms with Crippen molar-refractivity contribution in [2.75, 3.05) is 6.54 Å². The zero-order chi connectivity index (χ0) is 11.1. The molecule has 88 valence electrons. The molecular formula is C14H27N. The molecule has 0 aromatic heterocycles. The molecule has 2 rings (SSSR count). The summed E-state index contributed by atoms with van der Waals surface area (Å²) in [6, 6.07) is 0.760. The Morgan fingerprint density at radius 2 is 2.00 bits per heavy atom. The molecular weight excluding hydrogens is 182 g/mol. The van der Waals surface area contributed by atoms with Crippen molar-refractivity contribution >= 4 is 0 Å². The summed E-state index contributed by atoms with van der Waals surface area (Å²) in [6.45, 7) is 10.9. The monoisotopic (exact) mass is 209 g/mol. The average molecular weight is 209 g/mol. The molecule has 1 N–H and O–H groups in total. The van der Waals surface area contributed by atoms with Gasteiger partial charge in [-0.1, -0.05) is 34.1 Å². The minimum Gasteiger partial charge on any atom is -0.313 e. The number of rotatable bonds is 4. The van der Waals surface area contributed by atoms with Crippen molar-refractivity contribution in [2.24, 2.45) is 16.7 Å². The van der Waals surface area contributed by atoms with Gasteiger partial charge in [-0.15, -0.1) is 0 Å². The normalized spacial score (nSPS) is 42.4. The van der Waals surface area contributed by atoms with Crippen LogP contribution in [0.5, 0.6) is 0 Å². The zero-order valence-electron chi connectivity index (χ0n) is 10.9.